The van der Waals surface area contributed by atoms with Crippen molar-refractivity contribution in [1.29, 1.82) is 0 Å². The van der Waals surface area contributed by atoms with Gasteiger partial charge in [-0.25, -0.2) is 0 Å². The molecule has 0 spiro atoms. The van der Waals surface area contributed by atoms with Crippen LogP contribution in [0.3, 0.4) is 0 Å². The van der Waals surface area contributed by atoms with Crippen molar-refractivity contribution in [2.75, 3.05) is 6.54 Å². The van der Waals surface area contributed by atoms with Crippen molar-refractivity contribution in [3.8, 4) is 0 Å². The predicted molar refractivity (Wildman–Crippen MR) is 86.3 cm³/mol. The predicted octanol–water partition coefficient (Wildman–Crippen LogP) is 4.06. The topological polar surface area (TPSA) is 29.1 Å². The van der Waals surface area contributed by atoms with Crippen molar-refractivity contribution >= 4 is 29.0 Å². The zero-order valence-corrected chi connectivity index (χ0v) is 13.0. The van der Waals surface area contributed by atoms with Crippen LogP contribution in [-0.2, 0) is 19.4 Å². The van der Waals surface area contributed by atoms with Crippen molar-refractivity contribution in [3.63, 3.8) is 0 Å². The average Bonchev–Trinajstić information content (AvgIpc) is 2.49. The van der Waals surface area contributed by atoms with E-state index in [1.165, 1.54) is 11.1 Å². The highest BCUT2D eigenvalue weighted by molar-refractivity contribution is 6.35. The van der Waals surface area contributed by atoms with E-state index >= 15 is 0 Å². The minimum absolute atomic E-state index is 0.0765. The van der Waals surface area contributed by atoms with Gasteiger partial charge in [0.25, 0.3) is 0 Å². The maximum Gasteiger partial charge on any atom is 0.167 e. The lowest BCUT2D eigenvalue weighted by Gasteiger charge is -2.17. The molecule has 0 amide bonds. The number of benzene rings is 2. The Morgan fingerprint density at radius 1 is 1.10 bits per heavy atom. The minimum atomic E-state index is 0.0765. The molecule has 108 valence electrons. The number of rotatable bonds is 3. The van der Waals surface area contributed by atoms with Crippen molar-refractivity contribution in [2.24, 2.45) is 0 Å². The monoisotopic (exact) mass is 319 g/mol. The van der Waals surface area contributed by atoms with Gasteiger partial charge in [-0.1, -0.05) is 41.4 Å². The summed E-state index contributed by atoms with van der Waals surface area (Å²) in [6.07, 6.45) is 1.31. The van der Waals surface area contributed by atoms with Crippen LogP contribution in [0.5, 0.6) is 0 Å². The maximum absolute atomic E-state index is 12.4. The molecule has 0 atom stereocenters. The summed E-state index contributed by atoms with van der Waals surface area (Å²) in [5.41, 5.74) is 4.09. The second kappa shape index (κ2) is 6.18. The molecule has 0 fully saturated rings. The zero-order valence-electron chi connectivity index (χ0n) is 11.5. The van der Waals surface area contributed by atoms with E-state index in [4.69, 9.17) is 23.2 Å². The normalized spacial score (nSPS) is 13.8. The van der Waals surface area contributed by atoms with E-state index in [-0.39, 0.29) is 5.78 Å². The molecule has 4 heteroatoms. The van der Waals surface area contributed by atoms with E-state index in [9.17, 15) is 4.79 Å². The lowest BCUT2D eigenvalue weighted by atomic mass is 9.95. The van der Waals surface area contributed by atoms with Gasteiger partial charge in [0.05, 0.1) is 0 Å². The standard InChI is InChI=1S/C17H15Cl2NO/c18-15-4-3-12(16(19)9-15)8-17(21)13-2-1-11-5-6-20-10-14(11)7-13/h1-4,7,9,20H,5-6,8,10H2. The third kappa shape index (κ3) is 3.29. The van der Waals surface area contributed by atoms with Gasteiger partial charge in [-0.15, -0.1) is 0 Å². The molecule has 0 aliphatic carbocycles. The van der Waals surface area contributed by atoms with Gasteiger partial charge in [-0.2, -0.15) is 0 Å². The molecule has 0 radical (unpaired) electrons. The van der Waals surface area contributed by atoms with Gasteiger partial charge in [-0.05, 0) is 47.9 Å². The molecule has 0 saturated carbocycles. The van der Waals surface area contributed by atoms with Gasteiger partial charge >= 0.3 is 0 Å². The number of Topliss-reactive ketones (excluding diaryl/α,β-unsaturated/α-hetero) is 1. The first-order chi connectivity index (χ1) is 10.1. The Kier molecular flexibility index (Phi) is 4.29. The number of carbonyl (C=O) groups excluding carboxylic acids is 1. The molecule has 1 heterocycles. The minimum Gasteiger partial charge on any atom is -0.312 e. The van der Waals surface area contributed by atoms with Crippen molar-refractivity contribution < 1.29 is 4.79 Å². The van der Waals surface area contributed by atoms with Gasteiger partial charge in [-0.3, -0.25) is 4.79 Å². The van der Waals surface area contributed by atoms with Crippen LogP contribution in [0, 0.1) is 0 Å². The van der Waals surface area contributed by atoms with E-state index in [1.807, 2.05) is 18.2 Å². The van der Waals surface area contributed by atoms with Gasteiger partial charge in [0.2, 0.25) is 0 Å². The summed E-state index contributed by atoms with van der Waals surface area (Å²) >= 11 is 12.0. The molecule has 2 aromatic rings. The average molecular weight is 320 g/mol. The molecule has 1 N–H and O–H groups in total. The van der Waals surface area contributed by atoms with Crippen molar-refractivity contribution in [2.45, 2.75) is 19.4 Å². The molecule has 0 aromatic heterocycles. The number of ketones is 1. The van der Waals surface area contributed by atoms with Gasteiger partial charge < -0.3 is 5.32 Å². The number of halogens is 2. The Hall–Kier alpha value is -1.35. The SMILES string of the molecule is O=C(Cc1ccc(Cl)cc1Cl)c1ccc2c(c1)CNCC2. The number of carbonyl (C=O) groups is 1. The number of hydrogen-bond donors (Lipinski definition) is 1. The first-order valence-electron chi connectivity index (χ1n) is 6.93. The van der Waals surface area contributed by atoms with Crippen LogP contribution >= 0.6 is 23.2 Å². The van der Waals surface area contributed by atoms with E-state index in [2.05, 4.69) is 11.4 Å². The summed E-state index contributed by atoms with van der Waals surface area (Å²) in [7, 11) is 0. The van der Waals surface area contributed by atoms with Gasteiger partial charge in [0.15, 0.2) is 5.78 Å². The largest absolute Gasteiger partial charge is 0.312 e. The number of nitrogens with one attached hydrogen (secondary N) is 1. The zero-order chi connectivity index (χ0) is 14.8. The number of fused-ring (bicyclic) bond motifs is 1. The van der Waals surface area contributed by atoms with Crippen molar-refractivity contribution in [1.82, 2.24) is 5.32 Å². The van der Waals surface area contributed by atoms with E-state index in [0.717, 1.165) is 30.6 Å². The molecule has 3 rings (SSSR count). The highest BCUT2D eigenvalue weighted by Gasteiger charge is 2.14. The van der Waals surface area contributed by atoms with Crippen LogP contribution in [0.15, 0.2) is 36.4 Å². The molecule has 2 aromatic carbocycles. The Bertz CT molecular complexity index is 697. The summed E-state index contributed by atoms with van der Waals surface area (Å²) in [4.78, 5) is 12.4. The second-order valence-corrected chi connectivity index (χ2v) is 6.09. The Labute approximate surface area is 134 Å². The summed E-state index contributed by atoms with van der Waals surface area (Å²) in [5, 5.41) is 4.44. The van der Waals surface area contributed by atoms with Crippen LogP contribution in [0.1, 0.15) is 27.0 Å². The fourth-order valence-corrected chi connectivity index (χ4v) is 3.07. The maximum atomic E-state index is 12.4. The van der Waals surface area contributed by atoms with Gasteiger partial charge in [0, 0.05) is 28.6 Å². The summed E-state index contributed by atoms with van der Waals surface area (Å²) < 4.78 is 0. The molecule has 0 saturated heterocycles. The van der Waals surface area contributed by atoms with Crippen LogP contribution < -0.4 is 5.32 Å². The number of hydrogen-bond acceptors (Lipinski definition) is 2. The van der Waals surface area contributed by atoms with E-state index in [1.54, 1.807) is 12.1 Å². The first kappa shape index (κ1) is 14.6. The summed E-state index contributed by atoms with van der Waals surface area (Å²) in [6, 6.07) is 11.2. The summed E-state index contributed by atoms with van der Waals surface area (Å²) in [5.74, 6) is 0.0765. The van der Waals surface area contributed by atoms with E-state index in [0.29, 0.717) is 16.5 Å². The second-order valence-electron chi connectivity index (χ2n) is 5.25. The molecule has 2 nitrogen and oxygen atoms in total. The molecule has 0 unspecified atom stereocenters. The Morgan fingerprint density at radius 2 is 1.95 bits per heavy atom. The molecule has 21 heavy (non-hydrogen) atoms. The molecular formula is C17H15Cl2NO. The highest BCUT2D eigenvalue weighted by Crippen LogP contribution is 2.23. The summed E-state index contributed by atoms with van der Waals surface area (Å²) in [6.45, 7) is 1.83. The van der Waals surface area contributed by atoms with Crippen LogP contribution in [0.2, 0.25) is 10.0 Å². The third-order valence-electron chi connectivity index (χ3n) is 3.78. The van der Waals surface area contributed by atoms with Crippen LogP contribution in [0.4, 0.5) is 0 Å². The van der Waals surface area contributed by atoms with Crippen LogP contribution in [0.25, 0.3) is 0 Å². The molecule has 1 aliphatic heterocycles. The lowest BCUT2D eigenvalue weighted by molar-refractivity contribution is 0.0993. The Morgan fingerprint density at radius 3 is 2.76 bits per heavy atom. The first-order valence-corrected chi connectivity index (χ1v) is 7.69. The Balaban J connectivity index is 1.82. The smallest absolute Gasteiger partial charge is 0.167 e. The van der Waals surface area contributed by atoms with Gasteiger partial charge in [0.1, 0.15) is 0 Å². The quantitative estimate of drug-likeness (QED) is 0.864. The third-order valence-corrected chi connectivity index (χ3v) is 4.37. The molecule has 0 bridgehead atoms. The van der Waals surface area contributed by atoms with E-state index < -0.39 is 0 Å². The molecule has 1 aliphatic rings. The van der Waals surface area contributed by atoms with Crippen LogP contribution in [-0.4, -0.2) is 12.3 Å². The highest BCUT2D eigenvalue weighted by atomic mass is 35.5. The molecular weight excluding hydrogens is 305 g/mol. The fourth-order valence-electron chi connectivity index (χ4n) is 2.59. The fraction of sp³-hybridized carbons (Fsp3) is 0.235. The van der Waals surface area contributed by atoms with Crippen molar-refractivity contribution in [3.05, 3.63) is 68.7 Å². The lowest BCUT2D eigenvalue weighted by Crippen LogP contribution is -2.23.